The molecule has 0 saturated heterocycles. The Balaban J connectivity index is 0.973. The third-order valence-corrected chi connectivity index (χ3v) is 12.3. The molecule has 0 aliphatic heterocycles. The summed E-state index contributed by atoms with van der Waals surface area (Å²) in [4.78, 5) is 2.42. The van der Waals surface area contributed by atoms with E-state index < -0.39 is 0 Å². The van der Waals surface area contributed by atoms with E-state index in [-0.39, 0.29) is 0 Å². The molecule has 60 heavy (non-hydrogen) atoms. The van der Waals surface area contributed by atoms with Crippen molar-refractivity contribution in [3.05, 3.63) is 231 Å². The summed E-state index contributed by atoms with van der Waals surface area (Å²) < 4.78 is 2.37. The Morgan fingerprint density at radius 1 is 0.267 bits per heavy atom. The predicted octanol–water partition coefficient (Wildman–Crippen LogP) is 16.2. The minimum atomic E-state index is 1.10. The summed E-state index contributed by atoms with van der Waals surface area (Å²) >= 11 is 0. The molecule has 0 radical (unpaired) electrons. The van der Waals surface area contributed by atoms with Crippen LogP contribution >= 0.6 is 0 Å². The van der Waals surface area contributed by atoms with E-state index in [0.29, 0.717) is 0 Å². The molecule has 1 aromatic heterocycles. The number of rotatable bonds is 6. The summed E-state index contributed by atoms with van der Waals surface area (Å²) in [5.41, 5.74) is 11.7. The average Bonchev–Trinajstić information content (AvgIpc) is 3.66. The van der Waals surface area contributed by atoms with Crippen LogP contribution in [0, 0.1) is 0 Å². The van der Waals surface area contributed by atoms with Gasteiger partial charge in [0.1, 0.15) is 0 Å². The van der Waals surface area contributed by atoms with Gasteiger partial charge in [-0.25, -0.2) is 0 Å². The first kappa shape index (κ1) is 34.1. The van der Waals surface area contributed by atoms with Crippen LogP contribution in [-0.4, -0.2) is 4.57 Å². The standard InChI is InChI=1S/C58H38N2/c1-2-14-46(15-3-1)60-56-21-11-10-20-54(56)55-37-43(29-35-57(55)60)40-26-32-48(33-27-40)59(58-38-44-13-5-7-17-50(44)52-18-8-9-19-53(52)58)47-30-24-39(25-31-47)42-28-34-51-45(36-42)23-22-41-12-4-6-16-49(41)51/h1-38H. The highest BCUT2D eigenvalue weighted by molar-refractivity contribution is 6.15. The monoisotopic (exact) mass is 762 g/mol. The molecule has 0 saturated carbocycles. The van der Waals surface area contributed by atoms with Gasteiger partial charge in [-0.2, -0.15) is 0 Å². The fourth-order valence-electron chi connectivity index (χ4n) is 9.45. The second-order valence-electron chi connectivity index (χ2n) is 15.7. The van der Waals surface area contributed by atoms with Crippen LogP contribution in [0.1, 0.15) is 0 Å². The molecule has 0 amide bonds. The largest absolute Gasteiger partial charge is 0.310 e. The van der Waals surface area contributed by atoms with E-state index in [2.05, 4.69) is 240 Å². The smallest absolute Gasteiger partial charge is 0.0546 e. The molecule has 0 spiro atoms. The summed E-state index contributed by atoms with van der Waals surface area (Å²) in [5, 5.41) is 12.5. The maximum Gasteiger partial charge on any atom is 0.0546 e. The summed E-state index contributed by atoms with van der Waals surface area (Å²) in [6.07, 6.45) is 0. The molecule has 0 unspecified atom stereocenters. The summed E-state index contributed by atoms with van der Waals surface area (Å²) in [6, 6.07) is 84.3. The number of para-hydroxylation sites is 2. The Labute approximate surface area is 348 Å². The third kappa shape index (κ3) is 5.57. The van der Waals surface area contributed by atoms with Gasteiger partial charge in [0.25, 0.3) is 0 Å². The van der Waals surface area contributed by atoms with E-state index in [1.807, 2.05) is 0 Å². The van der Waals surface area contributed by atoms with Gasteiger partial charge in [0.15, 0.2) is 0 Å². The number of anilines is 3. The molecule has 0 aliphatic rings. The quantitative estimate of drug-likeness (QED) is 0.153. The van der Waals surface area contributed by atoms with Gasteiger partial charge >= 0.3 is 0 Å². The lowest BCUT2D eigenvalue weighted by Crippen LogP contribution is -2.10. The molecule has 12 rings (SSSR count). The summed E-state index contributed by atoms with van der Waals surface area (Å²) in [6.45, 7) is 0. The number of hydrogen-bond donors (Lipinski definition) is 0. The van der Waals surface area contributed by atoms with Crippen molar-refractivity contribution in [1.29, 1.82) is 0 Å². The second kappa shape index (κ2) is 13.9. The van der Waals surface area contributed by atoms with E-state index in [9.17, 15) is 0 Å². The van der Waals surface area contributed by atoms with Crippen molar-refractivity contribution < 1.29 is 0 Å². The zero-order valence-electron chi connectivity index (χ0n) is 32.8. The first-order valence-electron chi connectivity index (χ1n) is 20.7. The number of nitrogens with zero attached hydrogens (tertiary/aromatic N) is 2. The van der Waals surface area contributed by atoms with Crippen LogP contribution < -0.4 is 4.90 Å². The van der Waals surface area contributed by atoms with Crippen molar-refractivity contribution in [1.82, 2.24) is 4.57 Å². The summed E-state index contributed by atoms with van der Waals surface area (Å²) in [5.74, 6) is 0. The molecule has 280 valence electrons. The highest BCUT2D eigenvalue weighted by Gasteiger charge is 2.19. The first-order valence-corrected chi connectivity index (χ1v) is 20.7. The molecule has 0 atom stereocenters. The first-order chi connectivity index (χ1) is 29.7. The van der Waals surface area contributed by atoms with Crippen molar-refractivity contribution in [2.45, 2.75) is 0 Å². The van der Waals surface area contributed by atoms with E-state index in [1.165, 1.54) is 92.8 Å². The molecule has 2 nitrogen and oxygen atoms in total. The molecule has 12 aromatic rings. The Hall–Kier alpha value is -7.94. The van der Waals surface area contributed by atoms with Gasteiger partial charge in [-0.05, 0) is 127 Å². The molecule has 0 bridgehead atoms. The lowest BCUT2D eigenvalue weighted by molar-refractivity contribution is 1.18. The topological polar surface area (TPSA) is 8.17 Å². The van der Waals surface area contributed by atoms with Crippen LogP contribution in [0.4, 0.5) is 17.1 Å². The number of fused-ring (bicyclic) bond motifs is 9. The molecular formula is C58H38N2. The Bertz CT molecular complexity index is 3580. The van der Waals surface area contributed by atoms with Crippen LogP contribution in [0.3, 0.4) is 0 Å². The molecule has 0 fully saturated rings. The summed E-state index contributed by atoms with van der Waals surface area (Å²) in [7, 11) is 0. The third-order valence-electron chi connectivity index (χ3n) is 12.3. The lowest BCUT2D eigenvalue weighted by atomic mass is 9.97. The van der Waals surface area contributed by atoms with Gasteiger partial charge in [-0.15, -0.1) is 0 Å². The van der Waals surface area contributed by atoms with Crippen molar-refractivity contribution >= 4 is 82.0 Å². The van der Waals surface area contributed by atoms with Crippen molar-refractivity contribution in [2.24, 2.45) is 0 Å². The molecular weight excluding hydrogens is 725 g/mol. The van der Waals surface area contributed by atoms with Crippen molar-refractivity contribution in [2.75, 3.05) is 4.90 Å². The van der Waals surface area contributed by atoms with E-state index in [4.69, 9.17) is 0 Å². The maximum absolute atomic E-state index is 2.42. The van der Waals surface area contributed by atoms with Gasteiger partial charge in [-0.3, -0.25) is 0 Å². The highest BCUT2D eigenvalue weighted by Crippen LogP contribution is 2.43. The number of hydrogen-bond acceptors (Lipinski definition) is 1. The zero-order valence-corrected chi connectivity index (χ0v) is 32.8. The number of aromatic nitrogens is 1. The molecule has 2 heteroatoms. The molecule has 1 heterocycles. The minimum absolute atomic E-state index is 1.10. The molecule has 0 aliphatic carbocycles. The van der Waals surface area contributed by atoms with E-state index >= 15 is 0 Å². The maximum atomic E-state index is 2.42. The van der Waals surface area contributed by atoms with Gasteiger partial charge in [0.05, 0.1) is 16.7 Å². The zero-order chi connectivity index (χ0) is 39.6. The average molecular weight is 763 g/mol. The normalized spacial score (nSPS) is 11.7. The van der Waals surface area contributed by atoms with Crippen LogP contribution in [0.5, 0.6) is 0 Å². The molecule has 11 aromatic carbocycles. The Morgan fingerprint density at radius 2 is 0.750 bits per heavy atom. The SMILES string of the molecule is c1ccc(-n2c3ccccc3c3cc(-c4ccc(N(c5ccc(-c6ccc7c(ccc8ccccc87)c6)cc5)c5cc6ccccc6c6ccccc56)cc4)ccc32)cc1. The van der Waals surface area contributed by atoms with Crippen LogP contribution in [0.2, 0.25) is 0 Å². The Kier molecular flexibility index (Phi) is 7.89. The minimum Gasteiger partial charge on any atom is -0.310 e. The number of benzene rings is 11. The predicted molar refractivity (Wildman–Crippen MR) is 256 cm³/mol. The lowest BCUT2D eigenvalue weighted by Gasteiger charge is -2.28. The van der Waals surface area contributed by atoms with Crippen molar-refractivity contribution in [3.63, 3.8) is 0 Å². The van der Waals surface area contributed by atoms with Gasteiger partial charge in [0, 0.05) is 33.2 Å². The van der Waals surface area contributed by atoms with E-state index in [0.717, 1.165) is 17.1 Å². The molecule has 0 N–H and O–H groups in total. The second-order valence-corrected chi connectivity index (χ2v) is 15.7. The van der Waals surface area contributed by atoms with Crippen LogP contribution in [0.25, 0.3) is 92.8 Å². The van der Waals surface area contributed by atoms with E-state index in [1.54, 1.807) is 0 Å². The van der Waals surface area contributed by atoms with Gasteiger partial charge in [-0.1, -0.05) is 164 Å². The Morgan fingerprint density at radius 3 is 1.48 bits per heavy atom. The van der Waals surface area contributed by atoms with Crippen LogP contribution in [-0.2, 0) is 0 Å². The van der Waals surface area contributed by atoms with Crippen LogP contribution in [0.15, 0.2) is 231 Å². The van der Waals surface area contributed by atoms with Crippen molar-refractivity contribution in [3.8, 4) is 27.9 Å². The fraction of sp³-hybridized carbons (Fsp3) is 0. The van der Waals surface area contributed by atoms with Gasteiger partial charge < -0.3 is 9.47 Å². The highest BCUT2D eigenvalue weighted by atomic mass is 15.1. The van der Waals surface area contributed by atoms with Gasteiger partial charge in [0.2, 0.25) is 0 Å². The fourth-order valence-corrected chi connectivity index (χ4v) is 9.45.